The summed E-state index contributed by atoms with van der Waals surface area (Å²) >= 11 is 6.10. The summed E-state index contributed by atoms with van der Waals surface area (Å²) in [5.41, 5.74) is 0. The van der Waals surface area contributed by atoms with Crippen LogP contribution in [0, 0.1) is 11.8 Å². The minimum absolute atomic E-state index is 0.451. The molecule has 0 unspecified atom stereocenters. The van der Waals surface area contributed by atoms with Crippen molar-refractivity contribution >= 4 is 11.6 Å². The zero-order valence-corrected chi connectivity index (χ0v) is 10.8. The normalized spacial score (nSPS) is 32.8. The van der Waals surface area contributed by atoms with Gasteiger partial charge >= 0.3 is 0 Å². The fourth-order valence-electron chi connectivity index (χ4n) is 2.77. The van der Waals surface area contributed by atoms with E-state index in [1.165, 1.54) is 51.6 Å². The van der Waals surface area contributed by atoms with Crippen LogP contribution in [0.2, 0.25) is 0 Å². The summed E-state index contributed by atoms with van der Waals surface area (Å²) in [6, 6.07) is 0. The van der Waals surface area contributed by atoms with Gasteiger partial charge in [0.05, 0.1) is 0 Å². The number of hydrogen-bond donors (Lipinski definition) is 1. The molecule has 94 valence electrons. The number of rotatable bonds is 4. The molecule has 0 aromatic rings. The molecule has 1 heterocycles. The highest BCUT2D eigenvalue weighted by molar-refractivity contribution is 6.20. The molecular weight excluding hydrogens is 222 g/mol. The summed E-state index contributed by atoms with van der Waals surface area (Å²) < 4.78 is 5.37. The van der Waals surface area contributed by atoms with Crippen LogP contribution in [0.15, 0.2) is 0 Å². The highest BCUT2D eigenvalue weighted by atomic mass is 35.5. The van der Waals surface area contributed by atoms with E-state index in [0.717, 1.165) is 25.0 Å². The van der Waals surface area contributed by atoms with Crippen molar-refractivity contribution in [1.82, 2.24) is 5.32 Å². The first-order valence-corrected chi connectivity index (χ1v) is 7.21. The number of hydrogen-bond acceptors (Lipinski definition) is 2. The van der Waals surface area contributed by atoms with Gasteiger partial charge in [-0.25, -0.2) is 0 Å². The lowest BCUT2D eigenvalue weighted by Gasteiger charge is -2.27. The van der Waals surface area contributed by atoms with E-state index in [2.05, 4.69) is 5.32 Å². The van der Waals surface area contributed by atoms with Gasteiger partial charge in [0.15, 0.2) is 0 Å². The van der Waals surface area contributed by atoms with Crippen LogP contribution < -0.4 is 5.32 Å². The lowest BCUT2D eigenvalue weighted by molar-refractivity contribution is 0.0659. The summed E-state index contributed by atoms with van der Waals surface area (Å²) in [5, 5.41) is 4.09. The van der Waals surface area contributed by atoms with Crippen molar-refractivity contribution in [3.05, 3.63) is 0 Å². The topological polar surface area (TPSA) is 21.3 Å². The third-order valence-corrected chi connectivity index (χ3v) is 4.42. The van der Waals surface area contributed by atoms with E-state index in [1.54, 1.807) is 0 Å². The van der Waals surface area contributed by atoms with Crippen LogP contribution in [0.1, 0.15) is 38.5 Å². The highest BCUT2D eigenvalue weighted by Crippen LogP contribution is 2.27. The Kier molecular flexibility index (Phi) is 5.40. The fraction of sp³-hybridized carbons (Fsp3) is 1.00. The van der Waals surface area contributed by atoms with Crippen molar-refractivity contribution in [2.45, 2.75) is 43.9 Å². The zero-order chi connectivity index (χ0) is 11.2. The van der Waals surface area contributed by atoms with Gasteiger partial charge in [0.1, 0.15) is 0 Å². The van der Waals surface area contributed by atoms with E-state index in [9.17, 15) is 0 Å². The van der Waals surface area contributed by atoms with Crippen LogP contribution in [0.5, 0.6) is 0 Å². The van der Waals surface area contributed by atoms with Crippen molar-refractivity contribution in [3.8, 4) is 0 Å². The molecule has 0 bridgehead atoms. The Bertz CT molecular complexity index is 186. The van der Waals surface area contributed by atoms with Gasteiger partial charge in [0.25, 0.3) is 0 Å². The van der Waals surface area contributed by atoms with Gasteiger partial charge in [0, 0.05) is 18.6 Å². The minimum Gasteiger partial charge on any atom is -0.381 e. The second-order valence-electron chi connectivity index (χ2n) is 5.33. The lowest BCUT2D eigenvalue weighted by Crippen LogP contribution is -2.32. The van der Waals surface area contributed by atoms with E-state index in [0.29, 0.717) is 5.38 Å². The summed E-state index contributed by atoms with van der Waals surface area (Å²) in [6.45, 7) is 4.30. The largest absolute Gasteiger partial charge is 0.381 e. The molecule has 3 heteroatoms. The molecular formula is C13H24ClNO. The minimum atomic E-state index is 0.451. The summed E-state index contributed by atoms with van der Waals surface area (Å²) in [5.74, 6) is 1.72. The quantitative estimate of drug-likeness (QED) is 0.770. The Balaban J connectivity index is 1.53. The number of ether oxygens (including phenoxy) is 1. The smallest absolute Gasteiger partial charge is 0.0469 e. The van der Waals surface area contributed by atoms with Crippen LogP contribution in [-0.4, -0.2) is 31.7 Å². The van der Waals surface area contributed by atoms with Crippen LogP contribution in [-0.2, 0) is 4.74 Å². The summed E-state index contributed by atoms with van der Waals surface area (Å²) in [6.07, 6.45) is 7.53. The van der Waals surface area contributed by atoms with Crippen LogP contribution in [0.25, 0.3) is 0 Å². The van der Waals surface area contributed by atoms with Gasteiger partial charge in [-0.1, -0.05) is 0 Å². The average molecular weight is 246 g/mol. The molecule has 2 rings (SSSR count). The SMILES string of the molecule is ClC1CCC(CNCC2CCOCC2)CC1. The first kappa shape index (κ1) is 12.7. The van der Waals surface area contributed by atoms with E-state index in [1.807, 2.05) is 0 Å². The van der Waals surface area contributed by atoms with Crippen LogP contribution in [0.4, 0.5) is 0 Å². The maximum absolute atomic E-state index is 6.10. The molecule has 1 aliphatic carbocycles. The predicted octanol–water partition coefficient (Wildman–Crippen LogP) is 2.80. The third kappa shape index (κ3) is 4.23. The molecule has 0 amide bonds. The van der Waals surface area contributed by atoms with Gasteiger partial charge in [-0.15, -0.1) is 11.6 Å². The number of halogens is 1. The maximum Gasteiger partial charge on any atom is 0.0469 e. The lowest BCUT2D eigenvalue weighted by atomic mass is 9.89. The second-order valence-corrected chi connectivity index (χ2v) is 5.95. The van der Waals surface area contributed by atoms with Gasteiger partial charge in [-0.05, 0) is 63.5 Å². The highest BCUT2D eigenvalue weighted by Gasteiger charge is 2.19. The second kappa shape index (κ2) is 6.83. The summed E-state index contributed by atoms with van der Waals surface area (Å²) in [4.78, 5) is 0. The molecule has 2 aliphatic rings. The average Bonchev–Trinajstić information content (AvgIpc) is 2.33. The molecule has 1 aliphatic heterocycles. The standard InChI is InChI=1S/C13H24ClNO/c14-13-3-1-11(2-4-13)9-15-10-12-5-7-16-8-6-12/h11-13,15H,1-10H2. The zero-order valence-electron chi connectivity index (χ0n) is 10.1. The Morgan fingerprint density at radius 1 is 0.875 bits per heavy atom. The summed E-state index contributed by atoms with van der Waals surface area (Å²) in [7, 11) is 0. The van der Waals surface area contributed by atoms with E-state index < -0.39 is 0 Å². The molecule has 0 atom stereocenters. The fourth-order valence-corrected chi connectivity index (χ4v) is 3.02. The maximum atomic E-state index is 6.10. The Labute approximate surface area is 104 Å². The first-order valence-electron chi connectivity index (χ1n) is 6.77. The molecule has 0 aromatic carbocycles. The van der Waals surface area contributed by atoms with E-state index in [4.69, 9.17) is 16.3 Å². The van der Waals surface area contributed by atoms with Gasteiger partial charge < -0.3 is 10.1 Å². The first-order chi connectivity index (χ1) is 7.84. The molecule has 2 nitrogen and oxygen atoms in total. The van der Waals surface area contributed by atoms with Crippen molar-refractivity contribution in [2.24, 2.45) is 11.8 Å². The van der Waals surface area contributed by atoms with Crippen molar-refractivity contribution < 1.29 is 4.74 Å². The molecule has 0 spiro atoms. The van der Waals surface area contributed by atoms with Gasteiger partial charge in [-0.2, -0.15) is 0 Å². The van der Waals surface area contributed by atoms with Gasteiger partial charge in [0.2, 0.25) is 0 Å². The molecule has 1 saturated heterocycles. The third-order valence-electron chi connectivity index (χ3n) is 3.98. The predicted molar refractivity (Wildman–Crippen MR) is 68.0 cm³/mol. The molecule has 2 fully saturated rings. The van der Waals surface area contributed by atoms with E-state index in [-0.39, 0.29) is 0 Å². The van der Waals surface area contributed by atoms with Crippen LogP contribution in [0.3, 0.4) is 0 Å². The van der Waals surface area contributed by atoms with E-state index >= 15 is 0 Å². The van der Waals surface area contributed by atoms with Gasteiger partial charge in [-0.3, -0.25) is 0 Å². The Morgan fingerprint density at radius 2 is 1.44 bits per heavy atom. The molecule has 0 aromatic heterocycles. The molecule has 1 saturated carbocycles. The van der Waals surface area contributed by atoms with Crippen molar-refractivity contribution in [3.63, 3.8) is 0 Å². The van der Waals surface area contributed by atoms with Crippen molar-refractivity contribution in [1.29, 1.82) is 0 Å². The Morgan fingerprint density at radius 3 is 2.06 bits per heavy atom. The molecule has 16 heavy (non-hydrogen) atoms. The Hall–Kier alpha value is 0.210. The monoisotopic (exact) mass is 245 g/mol. The van der Waals surface area contributed by atoms with Crippen LogP contribution >= 0.6 is 11.6 Å². The van der Waals surface area contributed by atoms with Crippen molar-refractivity contribution in [2.75, 3.05) is 26.3 Å². The molecule has 0 radical (unpaired) electrons. The number of nitrogens with one attached hydrogen (secondary N) is 1. The number of alkyl halides is 1. The molecule has 1 N–H and O–H groups in total.